The normalized spacial score (nSPS) is 14.6. The predicted molar refractivity (Wildman–Crippen MR) is 159 cm³/mol. The van der Waals surface area contributed by atoms with Gasteiger partial charge in [0.1, 0.15) is 0 Å². The van der Waals surface area contributed by atoms with Crippen LogP contribution in [-0.2, 0) is 26.2 Å². The van der Waals surface area contributed by atoms with Gasteiger partial charge in [-0.05, 0) is 5.39 Å². The topological polar surface area (TPSA) is 0 Å². The van der Waals surface area contributed by atoms with Crippen molar-refractivity contribution in [1.82, 2.24) is 0 Å². The van der Waals surface area contributed by atoms with E-state index < -0.39 is 0 Å². The van der Waals surface area contributed by atoms with Crippen LogP contribution in [0.5, 0.6) is 0 Å². The maximum absolute atomic E-state index is 3.64. The van der Waals surface area contributed by atoms with Gasteiger partial charge in [0.25, 0.3) is 0 Å². The van der Waals surface area contributed by atoms with Crippen molar-refractivity contribution >= 4 is 27.1 Å². The van der Waals surface area contributed by atoms with E-state index in [1.54, 1.807) is 0 Å². The molecule has 0 nitrogen and oxygen atoms in total. The molecule has 5 aromatic carbocycles. The van der Waals surface area contributed by atoms with Gasteiger partial charge in [-0.1, -0.05) is 115 Å². The number of hydrogen-bond acceptors (Lipinski definition) is 0. The van der Waals surface area contributed by atoms with E-state index in [2.05, 4.69) is 110 Å². The third-order valence-electron chi connectivity index (χ3n) is 5.98. The molecule has 0 saturated heterocycles. The second kappa shape index (κ2) is 15.7. The van der Waals surface area contributed by atoms with E-state index in [0.29, 0.717) is 0 Å². The molecule has 0 atom stereocenters. The first kappa shape index (κ1) is 29.2. The molecule has 1 heteroatoms. The van der Waals surface area contributed by atoms with Crippen LogP contribution in [0.25, 0.3) is 27.1 Å². The maximum atomic E-state index is 3.64. The van der Waals surface area contributed by atoms with E-state index in [-0.39, 0.29) is 26.2 Å². The van der Waals surface area contributed by atoms with Crippen LogP contribution in [0.1, 0.15) is 16.7 Å². The zero-order valence-electron chi connectivity index (χ0n) is 21.5. The quantitative estimate of drug-likeness (QED) is 0.115. The first-order chi connectivity index (χ1) is 18.9. The monoisotopic (exact) mass is 572 g/mol. The Hall–Kier alpha value is -2.76. The molecule has 10 radical (unpaired) electrons. The van der Waals surface area contributed by atoms with Crippen molar-refractivity contribution in [1.29, 1.82) is 0 Å². The van der Waals surface area contributed by atoms with Crippen LogP contribution in [0, 0.1) is 76.4 Å². The molecule has 182 valence electrons. The van der Waals surface area contributed by atoms with E-state index in [9.17, 15) is 0 Å². The average Bonchev–Trinajstić information content (AvgIpc) is 3.76. The van der Waals surface area contributed by atoms with Gasteiger partial charge in [-0.2, -0.15) is 29.3 Å². The largest absolute Gasteiger partial charge is 4.00 e. The molecule has 0 aromatic heterocycles. The second-order valence-corrected chi connectivity index (χ2v) is 8.66. The van der Waals surface area contributed by atoms with Crippen molar-refractivity contribution in [3.8, 4) is 0 Å². The molecular formula is C38H26Zr. The van der Waals surface area contributed by atoms with Gasteiger partial charge in [-0.3, -0.25) is 0 Å². The van der Waals surface area contributed by atoms with Crippen molar-refractivity contribution in [2.75, 3.05) is 0 Å². The van der Waals surface area contributed by atoms with E-state index in [4.69, 9.17) is 0 Å². The van der Waals surface area contributed by atoms with Gasteiger partial charge in [0.05, 0.1) is 0 Å². The minimum atomic E-state index is 0. The van der Waals surface area contributed by atoms with Crippen LogP contribution >= 0.6 is 0 Å². The predicted octanol–water partition coefficient (Wildman–Crippen LogP) is 8.87. The molecule has 2 saturated carbocycles. The van der Waals surface area contributed by atoms with Crippen molar-refractivity contribution in [2.45, 2.75) is 0 Å². The van der Waals surface area contributed by atoms with Crippen LogP contribution in [0.4, 0.5) is 0 Å². The first-order valence-corrected chi connectivity index (χ1v) is 12.6. The SMILES string of the molecule is [C-](=C(c1[c-]c2cc3ccccc3cc2cc1)c1ccccc1)c1ccccc1.[C-]1[CH][CH][CH][CH]1.[C-]1[CH][CH][CH][CH]1.[Zr+4]. The summed E-state index contributed by atoms with van der Waals surface area (Å²) in [5.74, 6) is 0. The molecule has 2 aliphatic carbocycles. The number of hydrogen-bond donors (Lipinski definition) is 0. The summed E-state index contributed by atoms with van der Waals surface area (Å²) in [6, 6.07) is 41.6. The van der Waals surface area contributed by atoms with Crippen LogP contribution in [-0.4, -0.2) is 0 Å². The Balaban J connectivity index is 0.000000269. The molecule has 0 amide bonds. The first-order valence-electron chi connectivity index (χ1n) is 12.6. The molecule has 2 fully saturated rings. The standard InChI is InChI=1S/C28H18.2C5H4.Zr/c1-3-9-21(10-4-1)17-28(22-11-5-2-6-12-22)26-16-15-25-18-23-13-7-8-14-24(23)19-27(25)20-26;2*1-2-4-5-3-1;/h1-16,18-19H;2*1-4H;/q-2;2*-1;+4. The van der Waals surface area contributed by atoms with Gasteiger partial charge in [0.2, 0.25) is 0 Å². The fourth-order valence-corrected chi connectivity index (χ4v) is 4.13. The van der Waals surface area contributed by atoms with Crippen molar-refractivity contribution < 1.29 is 26.2 Å². The number of benzene rings is 5. The Morgan fingerprint density at radius 2 is 1.05 bits per heavy atom. The third-order valence-corrected chi connectivity index (χ3v) is 5.98. The summed E-state index contributed by atoms with van der Waals surface area (Å²) in [6.45, 7) is 0. The van der Waals surface area contributed by atoms with Gasteiger partial charge in [0, 0.05) is 0 Å². The molecule has 39 heavy (non-hydrogen) atoms. The third kappa shape index (κ3) is 8.61. The van der Waals surface area contributed by atoms with Crippen LogP contribution in [0.15, 0.2) is 109 Å². The fourth-order valence-electron chi connectivity index (χ4n) is 4.13. The minimum absolute atomic E-state index is 0. The van der Waals surface area contributed by atoms with Gasteiger partial charge >= 0.3 is 26.2 Å². The van der Waals surface area contributed by atoms with Crippen LogP contribution in [0.2, 0.25) is 0 Å². The number of fused-ring (bicyclic) bond motifs is 2. The molecule has 7 rings (SSSR count). The van der Waals surface area contributed by atoms with Gasteiger partial charge in [-0.25, -0.2) is 25.7 Å². The molecule has 0 spiro atoms. The zero-order valence-corrected chi connectivity index (χ0v) is 24.0. The molecule has 0 bridgehead atoms. The minimum Gasteiger partial charge on any atom is -0.474 e. The van der Waals surface area contributed by atoms with Crippen molar-refractivity contribution in [3.05, 3.63) is 202 Å². The zero-order chi connectivity index (χ0) is 25.8. The molecule has 0 N–H and O–H groups in total. The summed E-state index contributed by atoms with van der Waals surface area (Å²) in [6.07, 6.45) is 24.6. The van der Waals surface area contributed by atoms with Crippen LogP contribution < -0.4 is 0 Å². The fraction of sp³-hybridized carbons (Fsp3) is 0. The molecule has 0 heterocycles. The summed E-state index contributed by atoms with van der Waals surface area (Å²) in [4.78, 5) is 0. The Kier molecular flexibility index (Phi) is 11.8. The maximum Gasteiger partial charge on any atom is 4.00 e. The molecule has 2 aliphatic rings. The summed E-state index contributed by atoms with van der Waals surface area (Å²) in [5, 5.41) is 4.82. The number of rotatable bonds is 3. The Morgan fingerprint density at radius 1 is 0.513 bits per heavy atom. The molecular weight excluding hydrogens is 548 g/mol. The Labute approximate surface area is 254 Å². The van der Waals surface area contributed by atoms with Gasteiger partial charge < -0.3 is 12.8 Å². The molecule has 0 unspecified atom stereocenters. The van der Waals surface area contributed by atoms with E-state index in [1.165, 1.54) is 16.2 Å². The average molecular weight is 574 g/mol. The van der Waals surface area contributed by atoms with Gasteiger partial charge in [0.15, 0.2) is 0 Å². The van der Waals surface area contributed by atoms with E-state index in [0.717, 1.165) is 27.6 Å². The van der Waals surface area contributed by atoms with Crippen molar-refractivity contribution in [3.63, 3.8) is 0 Å². The molecule has 5 aromatic rings. The smallest absolute Gasteiger partial charge is 0.474 e. The Morgan fingerprint density at radius 3 is 1.62 bits per heavy atom. The van der Waals surface area contributed by atoms with E-state index in [1.807, 2.05) is 75.6 Å². The van der Waals surface area contributed by atoms with Crippen molar-refractivity contribution in [2.24, 2.45) is 0 Å². The summed E-state index contributed by atoms with van der Waals surface area (Å²) < 4.78 is 0. The summed E-state index contributed by atoms with van der Waals surface area (Å²) in [5.41, 5.74) is 4.32. The summed E-state index contributed by atoms with van der Waals surface area (Å²) >= 11 is 0. The molecule has 0 aliphatic heterocycles. The summed E-state index contributed by atoms with van der Waals surface area (Å²) in [7, 11) is 0. The second-order valence-electron chi connectivity index (χ2n) is 8.66. The van der Waals surface area contributed by atoms with Gasteiger partial charge in [-0.15, -0.1) is 40.8 Å². The Bertz CT molecular complexity index is 1420. The van der Waals surface area contributed by atoms with E-state index >= 15 is 0 Å². The van der Waals surface area contributed by atoms with Crippen LogP contribution in [0.3, 0.4) is 0 Å².